The highest BCUT2D eigenvalue weighted by Gasteiger charge is 2.38. The number of imide groups is 2. The van der Waals surface area contributed by atoms with Crippen LogP contribution in [0.4, 0.5) is 8.78 Å². The quantitative estimate of drug-likeness (QED) is 0.0840. The van der Waals surface area contributed by atoms with Crippen molar-refractivity contribution in [1.29, 1.82) is 0 Å². The molecule has 0 aliphatic carbocycles. The molecule has 5 aromatic carbocycles. The fourth-order valence-electron chi connectivity index (χ4n) is 6.91. The van der Waals surface area contributed by atoms with E-state index in [4.69, 9.17) is 0 Å². The van der Waals surface area contributed by atoms with Gasteiger partial charge < -0.3 is 0 Å². The molecule has 6 nitrogen and oxygen atoms in total. The number of hydrogen-bond donors (Lipinski definition) is 0. The Morgan fingerprint density at radius 3 is 1.26 bits per heavy atom. The molecule has 8 heteroatoms. The molecule has 7 rings (SSSR count). The zero-order valence-corrected chi connectivity index (χ0v) is 23.4. The molecule has 0 saturated carbocycles. The molecule has 0 unspecified atom stereocenters. The predicted molar refractivity (Wildman–Crippen MR) is 157 cm³/mol. The van der Waals surface area contributed by atoms with E-state index in [2.05, 4.69) is 0 Å². The Balaban J connectivity index is 1.54. The summed E-state index contributed by atoms with van der Waals surface area (Å²) in [6.45, 7) is 4.51. The lowest BCUT2D eigenvalue weighted by molar-refractivity contribution is 0.0592. The van der Waals surface area contributed by atoms with Crippen molar-refractivity contribution in [3.63, 3.8) is 0 Å². The number of hydrogen-bond acceptors (Lipinski definition) is 4. The highest BCUT2D eigenvalue weighted by molar-refractivity contribution is 6.41. The smallest absolute Gasteiger partial charge is 0.261 e. The molecular weight excluding hydrogens is 538 g/mol. The van der Waals surface area contributed by atoms with Crippen LogP contribution in [-0.2, 0) is 0 Å². The maximum absolute atomic E-state index is 16.2. The number of carbonyl (C=O) groups excluding carboxylic acids is 4. The highest BCUT2D eigenvalue weighted by Crippen LogP contribution is 2.48. The van der Waals surface area contributed by atoms with Gasteiger partial charge in [-0.05, 0) is 47.9 Å². The third kappa shape index (κ3) is 3.41. The van der Waals surface area contributed by atoms with E-state index < -0.39 is 35.3 Å². The monoisotopic (exact) mass is 566 g/mol. The van der Waals surface area contributed by atoms with Crippen LogP contribution >= 0.6 is 0 Å². The Kier molecular flexibility index (Phi) is 6.01. The lowest BCUT2D eigenvalue weighted by atomic mass is 9.81. The van der Waals surface area contributed by atoms with Crippen molar-refractivity contribution in [1.82, 2.24) is 9.80 Å². The Bertz CT molecular complexity index is 1890. The predicted octanol–water partition coefficient (Wildman–Crippen LogP) is 7.59. The normalized spacial score (nSPS) is 15.0. The van der Waals surface area contributed by atoms with Crippen molar-refractivity contribution in [3.05, 3.63) is 70.3 Å². The molecule has 0 atom stereocenters. The maximum atomic E-state index is 16.2. The Morgan fingerprint density at radius 2 is 0.881 bits per heavy atom. The lowest BCUT2D eigenvalue weighted by Crippen LogP contribution is -2.41. The first-order chi connectivity index (χ1) is 20.3. The van der Waals surface area contributed by atoms with Crippen LogP contribution in [0.3, 0.4) is 0 Å². The molecular formula is C34H28F2N2O4. The zero-order chi connectivity index (χ0) is 29.4. The third-order valence-corrected chi connectivity index (χ3v) is 8.88. The highest BCUT2D eigenvalue weighted by atomic mass is 19.1. The minimum Gasteiger partial charge on any atom is -0.274 e. The van der Waals surface area contributed by atoms with E-state index in [0.717, 1.165) is 37.8 Å². The van der Waals surface area contributed by atoms with Gasteiger partial charge in [-0.25, -0.2) is 8.78 Å². The van der Waals surface area contributed by atoms with Gasteiger partial charge in [-0.3, -0.25) is 29.0 Å². The number of halogens is 2. The summed E-state index contributed by atoms with van der Waals surface area (Å²) in [5.41, 5.74) is 0.677. The third-order valence-electron chi connectivity index (χ3n) is 8.88. The van der Waals surface area contributed by atoms with E-state index in [0.29, 0.717) is 45.2 Å². The van der Waals surface area contributed by atoms with Gasteiger partial charge in [0.25, 0.3) is 23.6 Å². The number of unbranched alkanes of at least 4 members (excludes halogenated alkanes) is 4. The summed E-state index contributed by atoms with van der Waals surface area (Å²) in [6, 6.07) is 8.63. The maximum Gasteiger partial charge on any atom is 0.261 e. The van der Waals surface area contributed by atoms with E-state index in [-0.39, 0.29) is 46.1 Å². The van der Waals surface area contributed by atoms with E-state index in [9.17, 15) is 19.2 Å². The average molecular weight is 567 g/mol. The SMILES string of the molecule is CCCCCN1C(=O)c2ccc3c4c(F)cc5c6c(ccc(c7c(F)cc(c2c37)C1=O)c64)C(=O)N(CCCCC)C5=O. The van der Waals surface area contributed by atoms with Gasteiger partial charge in [0.05, 0.1) is 11.1 Å². The molecule has 2 aliphatic heterocycles. The fraction of sp³-hybridized carbons (Fsp3) is 0.294. The minimum atomic E-state index is -0.687. The molecule has 0 radical (unpaired) electrons. The summed E-state index contributed by atoms with van der Waals surface area (Å²) in [7, 11) is 0. The van der Waals surface area contributed by atoms with Crippen LogP contribution in [0.5, 0.6) is 0 Å². The molecule has 0 bridgehead atoms. The van der Waals surface area contributed by atoms with Crippen molar-refractivity contribution >= 4 is 66.7 Å². The van der Waals surface area contributed by atoms with E-state index >= 15 is 8.78 Å². The molecule has 5 aromatic rings. The molecule has 212 valence electrons. The van der Waals surface area contributed by atoms with Crippen molar-refractivity contribution < 1.29 is 28.0 Å². The second-order valence-corrected chi connectivity index (χ2v) is 11.3. The average Bonchev–Trinajstić information content (AvgIpc) is 2.98. The first-order valence-corrected chi connectivity index (χ1v) is 14.6. The van der Waals surface area contributed by atoms with Crippen molar-refractivity contribution in [2.75, 3.05) is 13.1 Å². The van der Waals surface area contributed by atoms with Gasteiger partial charge >= 0.3 is 0 Å². The van der Waals surface area contributed by atoms with Crippen LogP contribution in [0.15, 0.2) is 36.4 Å². The molecule has 0 aromatic heterocycles. The Labute approximate surface area is 240 Å². The first kappa shape index (κ1) is 26.4. The van der Waals surface area contributed by atoms with Crippen LogP contribution in [0.25, 0.3) is 43.1 Å². The number of fused-ring (bicyclic) bond motifs is 2. The van der Waals surface area contributed by atoms with Crippen LogP contribution < -0.4 is 0 Å². The number of nitrogens with zero attached hydrogens (tertiary/aromatic N) is 2. The van der Waals surface area contributed by atoms with E-state index in [1.807, 2.05) is 13.8 Å². The van der Waals surface area contributed by atoms with Gasteiger partial charge in [0, 0.05) is 56.5 Å². The minimum absolute atomic E-state index is 0.0710. The molecule has 0 N–H and O–H groups in total. The van der Waals surface area contributed by atoms with Crippen LogP contribution in [0.1, 0.15) is 93.8 Å². The second-order valence-electron chi connectivity index (χ2n) is 11.3. The van der Waals surface area contributed by atoms with Crippen molar-refractivity contribution in [3.8, 4) is 0 Å². The lowest BCUT2D eigenvalue weighted by Gasteiger charge is -2.30. The summed E-state index contributed by atoms with van der Waals surface area (Å²) in [5.74, 6) is -3.42. The summed E-state index contributed by atoms with van der Waals surface area (Å²) < 4.78 is 32.3. The van der Waals surface area contributed by atoms with Gasteiger partial charge in [-0.15, -0.1) is 0 Å². The standard InChI is InChI=1S/C34H28F2N2O4/c1-3-5-7-13-37-31(39)19-11-9-17-28-24(36)16-22-26-20(32(40)38(34(22)42)14-8-6-4-2)12-10-18(30(26)28)27-23(35)15-21(33(37)41)25(19)29(17)27/h9-12,15-16H,3-8,13-14H2,1-2H3. The van der Waals surface area contributed by atoms with Gasteiger partial charge in [0.2, 0.25) is 0 Å². The Hall–Kier alpha value is -4.46. The molecule has 42 heavy (non-hydrogen) atoms. The number of carbonyl (C=O) groups is 4. The molecule has 4 amide bonds. The zero-order valence-electron chi connectivity index (χ0n) is 23.4. The number of rotatable bonds is 8. The number of amides is 4. The van der Waals surface area contributed by atoms with E-state index in [1.165, 1.54) is 9.80 Å². The number of benzene rings is 5. The fourth-order valence-corrected chi connectivity index (χ4v) is 6.91. The topological polar surface area (TPSA) is 74.8 Å². The second kappa shape index (κ2) is 9.54. The van der Waals surface area contributed by atoms with Crippen LogP contribution in [0.2, 0.25) is 0 Å². The molecule has 0 fully saturated rings. The van der Waals surface area contributed by atoms with Crippen molar-refractivity contribution in [2.24, 2.45) is 0 Å². The van der Waals surface area contributed by atoms with Crippen LogP contribution in [0, 0.1) is 11.6 Å². The van der Waals surface area contributed by atoms with Crippen molar-refractivity contribution in [2.45, 2.75) is 52.4 Å². The van der Waals surface area contributed by atoms with E-state index in [1.54, 1.807) is 24.3 Å². The summed E-state index contributed by atoms with van der Waals surface area (Å²) in [5, 5.41) is 2.10. The van der Waals surface area contributed by atoms with Gasteiger partial charge in [-0.2, -0.15) is 0 Å². The van der Waals surface area contributed by atoms with Gasteiger partial charge in [0.1, 0.15) is 11.6 Å². The molecule has 0 spiro atoms. The van der Waals surface area contributed by atoms with Gasteiger partial charge in [0.15, 0.2) is 0 Å². The molecule has 2 aliphatic rings. The summed E-state index contributed by atoms with van der Waals surface area (Å²) in [6.07, 6.45) is 4.80. The largest absolute Gasteiger partial charge is 0.274 e. The Morgan fingerprint density at radius 1 is 0.500 bits per heavy atom. The molecule has 0 saturated heterocycles. The summed E-state index contributed by atoms with van der Waals surface area (Å²) in [4.78, 5) is 56.4. The van der Waals surface area contributed by atoms with Crippen LogP contribution in [-0.4, -0.2) is 46.5 Å². The first-order valence-electron chi connectivity index (χ1n) is 14.6. The molecule has 2 heterocycles. The van der Waals surface area contributed by atoms with Gasteiger partial charge in [-0.1, -0.05) is 51.7 Å². The summed E-state index contributed by atoms with van der Waals surface area (Å²) >= 11 is 0.